The van der Waals surface area contributed by atoms with Gasteiger partial charge in [0.2, 0.25) is 0 Å². The fourth-order valence-electron chi connectivity index (χ4n) is 2.00. The number of aliphatic hydroxyl groups excluding tert-OH is 1. The Morgan fingerprint density at radius 1 is 1.17 bits per heavy atom. The fraction of sp³-hybridized carbons (Fsp3) is 0.600. The van der Waals surface area contributed by atoms with Gasteiger partial charge >= 0.3 is 0 Å². The van der Waals surface area contributed by atoms with E-state index < -0.39 is 5.60 Å². The van der Waals surface area contributed by atoms with Crippen LogP contribution in [0.1, 0.15) is 45.8 Å². The number of hydrogen-bond acceptors (Lipinski definition) is 3. The van der Waals surface area contributed by atoms with Crippen molar-refractivity contribution in [2.45, 2.75) is 45.8 Å². The number of rotatable bonds is 6. The summed E-state index contributed by atoms with van der Waals surface area (Å²) in [5, 5.41) is 19.6. The molecular weight excluding hydrogens is 226 g/mol. The highest BCUT2D eigenvalue weighted by Crippen LogP contribution is 2.22. The number of nitrogens with zero attached hydrogens (tertiary/aromatic N) is 1. The van der Waals surface area contributed by atoms with E-state index in [2.05, 4.69) is 11.8 Å². The molecule has 102 valence electrons. The minimum Gasteiger partial charge on any atom is -0.389 e. The molecule has 1 aromatic rings. The van der Waals surface area contributed by atoms with Gasteiger partial charge in [0.1, 0.15) is 0 Å². The molecule has 0 spiro atoms. The van der Waals surface area contributed by atoms with E-state index in [1.54, 1.807) is 0 Å². The van der Waals surface area contributed by atoms with Gasteiger partial charge in [-0.25, -0.2) is 0 Å². The van der Waals surface area contributed by atoms with Crippen molar-refractivity contribution in [1.29, 1.82) is 0 Å². The van der Waals surface area contributed by atoms with Gasteiger partial charge in [-0.05, 0) is 44.9 Å². The normalized spacial score (nSPS) is 13.4. The van der Waals surface area contributed by atoms with Gasteiger partial charge in [0.25, 0.3) is 0 Å². The van der Waals surface area contributed by atoms with Crippen molar-refractivity contribution in [2.75, 3.05) is 18.0 Å². The molecule has 1 atom stereocenters. The zero-order valence-corrected chi connectivity index (χ0v) is 11.8. The highest BCUT2D eigenvalue weighted by molar-refractivity contribution is 5.48. The van der Waals surface area contributed by atoms with Crippen LogP contribution < -0.4 is 4.90 Å². The molecule has 2 N–H and O–H groups in total. The summed E-state index contributed by atoms with van der Waals surface area (Å²) in [6.07, 6.45) is 0.337. The lowest BCUT2D eigenvalue weighted by Crippen LogP contribution is -2.38. The first kappa shape index (κ1) is 15.0. The third kappa shape index (κ3) is 4.31. The van der Waals surface area contributed by atoms with Gasteiger partial charge in [-0.1, -0.05) is 19.1 Å². The second-order valence-electron chi connectivity index (χ2n) is 5.34. The third-order valence-electron chi connectivity index (χ3n) is 2.99. The summed E-state index contributed by atoms with van der Waals surface area (Å²) in [5.41, 5.74) is 1.31. The Labute approximate surface area is 110 Å². The summed E-state index contributed by atoms with van der Waals surface area (Å²) < 4.78 is 0. The summed E-state index contributed by atoms with van der Waals surface area (Å²) in [6.45, 7) is 9.10. The zero-order valence-electron chi connectivity index (χ0n) is 11.8. The molecule has 0 saturated heterocycles. The monoisotopic (exact) mass is 251 g/mol. The Morgan fingerprint density at radius 2 is 1.72 bits per heavy atom. The molecule has 0 aromatic heterocycles. The second kappa shape index (κ2) is 6.21. The van der Waals surface area contributed by atoms with Crippen molar-refractivity contribution < 1.29 is 10.2 Å². The summed E-state index contributed by atoms with van der Waals surface area (Å²) in [7, 11) is 0. The molecule has 0 aliphatic carbocycles. The van der Waals surface area contributed by atoms with Crippen LogP contribution >= 0.6 is 0 Å². The SMILES string of the molecule is CC[C@H](O)c1ccc(N(CC)CC(C)(C)O)cc1. The smallest absolute Gasteiger partial charge is 0.0787 e. The average Bonchev–Trinajstić information content (AvgIpc) is 2.34. The van der Waals surface area contributed by atoms with E-state index in [0.29, 0.717) is 6.54 Å². The van der Waals surface area contributed by atoms with Crippen molar-refractivity contribution in [2.24, 2.45) is 0 Å². The molecule has 0 unspecified atom stereocenters. The lowest BCUT2D eigenvalue weighted by molar-refractivity contribution is 0.0876. The Morgan fingerprint density at radius 3 is 2.11 bits per heavy atom. The van der Waals surface area contributed by atoms with E-state index in [9.17, 15) is 10.2 Å². The summed E-state index contributed by atoms with van der Waals surface area (Å²) in [5.74, 6) is 0. The molecule has 0 bridgehead atoms. The lowest BCUT2D eigenvalue weighted by Gasteiger charge is -2.30. The van der Waals surface area contributed by atoms with Crippen LogP contribution in [-0.2, 0) is 0 Å². The number of anilines is 1. The molecule has 0 fully saturated rings. The predicted molar refractivity (Wildman–Crippen MR) is 75.9 cm³/mol. The molecular formula is C15H25NO2. The van der Waals surface area contributed by atoms with Gasteiger partial charge in [0.15, 0.2) is 0 Å². The van der Waals surface area contributed by atoms with E-state index in [4.69, 9.17) is 0 Å². The number of likely N-dealkylation sites (N-methyl/N-ethyl adjacent to an activating group) is 1. The highest BCUT2D eigenvalue weighted by Gasteiger charge is 2.17. The molecule has 3 heteroatoms. The summed E-state index contributed by atoms with van der Waals surface area (Å²) >= 11 is 0. The van der Waals surface area contributed by atoms with Gasteiger partial charge in [0.05, 0.1) is 11.7 Å². The molecule has 0 aliphatic heterocycles. The first-order valence-corrected chi connectivity index (χ1v) is 6.62. The predicted octanol–water partition coefficient (Wildman–Crippen LogP) is 2.73. The number of benzene rings is 1. The van der Waals surface area contributed by atoms with Gasteiger partial charge in [-0.2, -0.15) is 0 Å². The lowest BCUT2D eigenvalue weighted by atomic mass is 10.1. The molecule has 0 amide bonds. The van der Waals surface area contributed by atoms with Crippen molar-refractivity contribution >= 4 is 5.69 Å². The van der Waals surface area contributed by atoms with E-state index >= 15 is 0 Å². The quantitative estimate of drug-likeness (QED) is 0.817. The maximum Gasteiger partial charge on any atom is 0.0787 e. The number of hydrogen-bond donors (Lipinski definition) is 2. The van der Waals surface area contributed by atoms with Crippen molar-refractivity contribution in [1.82, 2.24) is 0 Å². The molecule has 0 heterocycles. The number of aliphatic hydroxyl groups is 2. The van der Waals surface area contributed by atoms with Gasteiger partial charge in [-0.3, -0.25) is 0 Å². The fourth-order valence-corrected chi connectivity index (χ4v) is 2.00. The third-order valence-corrected chi connectivity index (χ3v) is 2.99. The molecule has 1 rings (SSSR count). The Bertz CT molecular complexity index is 354. The topological polar surface area (TPSA) is 43.7 Å². The molecule has 0 aliphatic rings. The maximum absolute atomic E-state index is 9.88. The van der Waals surface area contributed by atoms with Crippen molar-refractivity contribution in [3.63, 3.8) is 0 Å². The first-order chi connectivity index (χ1) is 8.37. The van der Waals surface area contributed by atoms with Crippen LogP contribution in [0.3, 0.4) is 0 Å². The average molecular weight is 251 g/mol. The van der Waals surface area contributed by atoms with E-state index in [1.165, 1.54) is 0 Å². The first-order valence-electron chi connectivity index (χ1n) is 6.62. The molecule has 18 heavy (non-hydrogen) atoms. The Balaban J connectivity index is 2.82. The maximum atomic E-state index is 9.88. The van der Waals surface area contributed by atoms with E-state index in [0.717, 1.165) is 24.2 Å². The molecule has 0 radical (unpaired) electrons. The Hall–Kier alpha value is -1.06. The van der Waals surface area contributed by atoms with Crippen LogP contribution in [0, 0.1) is 0 Å². The van der Waals surface area contributed by atoms with Crippen molar-refractivity contribution in [3.05, 3.63) is 29.8 Å². The van der Waals surface area contributed by atoms with Crippen LogP contribution in [0.5, 0.6) is 0 Å². The minimum atomic E-state index is -0.711. The Kier molecular flexibility index (Phi) is 5.17. The van der Waals surface area contributed by atoms with Crippen molar-refractivity contribution in [3.8, 4) is 0 Å². The highest BCUT2D eigenvalue weighted by atomic mass is 16.3. The van der Waals surface area contributed by atoms with E-state index in [1.807, 2.05) is 45.0 Å². The second-order valence-corrected chi connectivity index (χ2v) is 5.34. The van der Waals surface area contributed by atoms with E-state index in [-0.39, 0.29) is 6.10 Å². The summed E-state index contributed by atoms with van der Waals surface area (Å²) in [4.78, 5) is 2.13. The van der Waals surface area contributed by atoms with Crippen LogP contribution in [0.15, 0.2) is 24.3 Å². The van der Waals surface area contributed by atoms with Crippen LogP contribution in [0.25, 0.3) is 0 Å². The largest absolute Gasteiger partial charge is 0.389 e. The van der Waals surface area contributed by atoms with Gasteiger partial charge < -0.3 is 15.1 Å². The molecule has 0 saturated carbocycles. The van der Waals surface area contributed by atoms with Crippen LogP contribution in [0.2, 0.25) is 0 Å². The minimum absolute atomic E-state index is 0.386. The molecule has 3 nitrogen and oxygen atoms in total. The molecule has 1 aromatic carbocycles. The zero-order chi connectivity index (χ0) is 13.8. The van der Waals surface area contributed by atoms with Gasteiger partial charge in [0, 0.05) is 18.8 Å². The van der Waals surface area contributed by atoms with Crippen LogP contribution in [-0.4, -0.2) is 28.9 Å². The summed E-state index contributed by atoms with van der Waals surface area (Å²) in [6, 6.07) is 7.92. The standard InChI is InChI=1S/C15H25NO2/c1-5-14(17)12-7-9-13(10-8-12)16(6-2)11-15(3,4)18/h7-10,14,17-18H,5-6,11H2,1-4H3/t14-/m0/s1. The van der Waals surface area contributed by atoms with Gasteiger partial charge in [-0.15, -0.1) is 0 Å². The van der Waals surface area contributed by atoms with Crippen LogP contribution in [0.4, 0.5) is 5.69 Å².